The van der Waals surface area contributed by atoms with Crippen LogP contribution in [0.2, 0.25) is 0 Å². The average molecular weight is 345 g/mol. The van der Waals surface area contributed by atoms with E-state index in [1.54, 1.807) is 0 Å². The van der Waals surface area contributed by atoms with Crippen molar-refractivity contribution < 1.29 is 9.90 Å². The zero-order chi connectivity index (χ0) is 17.5. The van der Waals surface area contributed by atoms with E-state index in [1.165, 1.54) is 37.8 Å². The van der Waals surface area contributed by atoms with Crippen LogP contribution in [0.25, 0.3) is 0 Å². The topological polar surface area (TPSA) is 55.8 Å². The maximum atomic E-state index is 12.3. The quantitative estimate of drug-likeness (QED) is 0.830. The number of nitrogens with one attached hydrogen (secondary N) is 1. The second-order valence-electron chi connectivity index (χ2n) is 7.22. The molecule has 2 heterocycles. The lowest BCUT2D eigenvalue weighted by atomic mass is 10.0. The number of amides is 1. The molecule has 1 amide bonds. The summed E-state index contributed by atoms with van der Waals surface area (Å²) in [6.45, 7) is 4.91. The van der Waals surface area contributed by atoms with Crippen LogP contribution in [0.15, 0.2) is 24.3 Å². The van der Waals surface area contributed by atoms with Crippen LogP contribution in [0.5, 0.6) is 0 Å². The van der Waals surface area contributed by atoms with E-state index in [2.05, 4.69) is 27.2 Å². The van der Waals surface area contributed by atoms with Crippen molar-refractivity contribution in [3.05, 3.63) is 29.8 Å². The van der Waals surface area contributed by atoms with Crippen LogP contribution < -0.4 is 10.2 Å². The Morgan fingerprint density at radius 2 is 1.76 bits per heavy atom. The first-order chi connectivity index (χ1) is 12.3. The van der Waals surface area contributed by atoms with Gasteiger partial charge in [-0.3, -0.25) is 9.69 Å². The number of hydrogen-bond donors (Lipinski definition) is 2. The van der Waals surface area contributed by atoms with Gasteiger partial charge in [-0.05, 0) is 62.9 Å². The number of likely N-dealkylation sites (tertiary alicyclic amines) is 1. The maximum absolute atomic E-state index is 12.3. The van der Waals surface area contributed by atoms with Gasteiger partial charge in [0.2, 0.25) is 0 Å². The number of hydrogen-bond acceptors (Lipinski definition) is 4. The molecule has 2 fully saturated rings. The second kappa shape index (κ2) is 9.20. The molecule has 1 aromatic carbocycles. The lowest BCUT2D eigenvalue weighted by Gasteiger charge is -2.34. The summed E-state index contributed by atoms with van der Waals surface area (Å²) in [4.78, 5) is 17.0. The minimum atomic E-state index is -0.0113. The molecule has 0 aromatic heterocycles. The van der Waals surface area contributed by atoms with Crippen LogP contribution in [0, 0.1) is 0 Å². The highest BCUT2D eigenvalue weighted by atomic mass is 16.3. The number of anilines is 1. The summed E-state index contributed by atoms with van der Waals surface area (Å²) >= 11 is 0. The molecular weight excluding hydrogens is 314 g/mol. The van der Waals surface area contributed by atoms with E-state index in [4.69, 9.17) is 0 Å². The summed E-state index contributed by atoms with van der Waals surface area (Å²) in [6, 6.07) is 8.24. The minimum Gasteiger partial charge on any atom is -0.395 e. The Labute approximate surface area is 151 Å². The molecule has 138 valence electrons. The normalized spacial score (nSPS) is 22.0. The van der Waals surface area contributed by atoms with E-state index >= 15 is 0 Å². The number of nitrogens with zero attached hydrogens (tertiary/aromatic N) is 2. The van der Waals surface area contributed by atoms with Crippen LogP contribution >= 0.6 is 0 Å². The third kappa shape index (κ3) is 4.95. The van der Waals surface area contributed by atoms with Gasteiger partial charge < -0.3 is 15.3 Å². The van der Waals surface area contributed by atoms with Gasteiger partial charge in [0.1, 0.15) is 0 Å². The third-order valence-corrected chi connectivity index (χ3v) is 5.50. The minimum absolute atomic E-state index is 0.0113. The van der Waals surface area contributed by atoms with Gasteiger partial charge in [-0.25, -0.2) is 0 Å². The first-order valence-electron chi connectivity index (χ1n) is 9.76. The van der Waals surface area contributed by atoms with Gasteiger partial charge in [0.15, 0.2) is 0 Å². The maximum Gasteiger partial charge on any atom is 0.251 e. The fourth-order valence-corrected chi connectivity index (χ4v) is 3.95. The molecule has 2 aliphatic heterocycles. The van der Waals surface area contributed by atoms with E-state index < -0.39 is 0 Å². The summed E-state index contributed by atoms with van der Waals surface area (Å²) in [7, 11) is 0. The zero-order valence-electron chi connectivity index (χ0n) is 15.1. The highest BCUT2D eigenvalue weighted by Gasteiger charge is 2.21. The Kier molecular flexibility index (Phi) is 6.70. The van der Waals surface area contributed by atoms with E-state index in [0.717, 1.165) is 38.2 Å². The van der Waals surface area contributed by atoms with E-state index in [-0.39, 0.29) is 18.6 Å². The smallest absolute Gasteiger partial charge is 0.251 e. The van der Waals surface area contributed by atoms with Crippen LogP contribution in [0.1, 0.15) is 48.9 Å². The molecule has 1 atom stereocenters. The Bertz CT molecular complexity index is 540. The molecule has 2 aliphatic rings. The summed E-state index contributed by atoms with van der Waals surface area (Å²) in [5.41, 5.74) is 1.94. The van der Waals surface area contributed by atoms with Gasteiger partial charge in [0, 0.05) is 43.5 Å². The van der Waals surface area contributed by atoms with Crippen molar-refractivity contribution in [3.63, 3.8) is 0 Å². The number of carbonyl (C=O) groups excluding carboxylic acids is 1. The number of carbonyl (C=O) groups is 1. The number of piperidine rings is 2. The summed E-state index contributed by atoms with van der Waals surface area (Å²) in [6.07, 6.45) is 7.27. The lowest BCUT2D eigenvalue weighted by Crippen LogP contribution is -2.45. The van der Waals surface area contributed by atoms with Crippen molar-refractivity contribution in [1.29, 1.82) is 0 Å². The molecule has 1 aromatic rings. The molecule has 0 aliphatic carbocycles. The Morgan fingerprint density at radius 3 is 2.48 bits per heavy atom. The van der Waals surface area contributed by atoms with Crippen molar-refractivity contribution in [3.8, 4) is 0 Å². The summed E-state index contributed by atoms with van der Waals surface area (Å²) in [5.74, 6) is -0.0113. The molecule has 3 rings (SSSR count). The Hall–Kier alpha value is -1.59. The molecule has 2 N–H and O–H groups in total. The van der Waals surface area contributed by atoms with Crippen LogP contribution in [-0.4, -0.2) is 61.3 Å². The van der Waals surface area contributed by atoms with Crippen molar-refractivity contribution in [1.82, 2.24) is 10.2 Å². The molecular formula is C20H31N3O2. The molecule has 25 heavy (non-hydrogen) atoms. The molecule has 0 bridgehead atoms. The van der Waals surface area contributed by atoms with Gasteiger partial charge in [0.25, 0.3) is 5.91 Å². The van der Waals surface area contributed by atoms with Gasteiger partial charge in [-0.2, -0.15) is 0 Å². The molecule has 5 nitrogen and oxygen atoms in total. The van der Waals surface area contributed by atoms with Gasteiger partial charge >= 0.3 is 0 Å². The average Bonchev–Trinajstić information content (AvgIpc) is 2.69. The first-order valence-corrected chi connectivity index (χ1v) is 9.76. The van der Waals surface area contributed by atoms with Crippen molar-refractivity contribution >= 4 is 11.6 Å². The monoisotopic (exact) mass is 345 g/mol. The number of aliphatic hydroxyl groups excluding tert-OH is 1. The fraction of sp³-hybridized carbons (Fsp3) is 0.650. The van der Waals surface area contributed by atoms with Crippen LogP contribution in [-0.2, 0) is 0 Å². The Morgan fingerprint density at radius 1 is 1.04 bits per heavy atom. The SMILES string of the molecule is O=C(NCCN1CCCC[C@H]1CO)c1ccc(N2CCCCC2)cc1. The highest BCUT2D eigenvalue weighted by Crippen LogP contribution is 2.20. The van der Waals surface area contributed by atoms with E-state index in [0.29, 0.717) is 6.54 Å². The lowest BCUT2D eigenvalue weighted by molar-refractivity contribution is 0.0849. The van der Waals surface area contributed by atoms with E-state index in [1.807, 2.05) is 12.1 Å². The molecule has 0 unspecified atom stereocenters. The highest BCUT2D eigenvalue weighted by molar-refractivity contribution is 5.94. The number of aliphatic hydroxyl groups is 1. The molecule has 2 saturated heterocycles. The largest absolute Gasteiger partial charge is 0.395 e. The van der Waals surface area contributed by atoms with Crippen LogP contribution in [0.3, 0.4) is 0 Å². The second-order valence-corrected chi connectivity index (χ2v) is 7.22. The van der Waals surface area contributed by atoms with Gasteiger partial charge in [-0.15, -0.1) is 0 Å². The van der Waals surface area contributed by atoms with Gasteiger partial charge in [-0.1, -0.05) is 6.42 Å². The first kappa shape index (κ1) is 18.2. The summed E-state index contributed by atoms with van der Waals surface area (Å²) in [5, 5.41) is 12.5. The number of benzene rings is 1. The van der Waals surface area contributed by atoms with Crippen molar-refractivity contribution in [2.45, 2.75) is 44.6 Å². The van der Waals surface area contributed by atoms with E-state index in [9.17, 15) is 9.90 Å². The zero-order valence-corrected chi connectivity index (χ0v) is 15.1. The van der Waals surface area contributed by atoms with Gasteiger partial charge in [0.05, 0.1) is 6.61 Å². The van der Waals surface area contributed by atoms with Crippen molar-refractivity contribution in [2.24, 2.45) is 0 Å². The van der Waals surface area contributed by atoms with Crippen molar-refractivity contribution in [2.75, 3.05) is 44.2 Å². The van der Waals surface area contributed by atoms with Crippen LogP contribution in [0.4, 0.5) is 5.69 Å². The fourth-order valence-electron chi connectivity index (χ4n) is 3.95. The Balaban J connectivity index is 1.46. The molecule has 0 radical (unpaired) electrons. The predicted octanol–water partition coefficient (Wildman–Crippen LogP) is 2.25. The molecule has 0 spiro atoms. The predicted molar refractivity (Wildman–Crippen MR) is 101 cm³/mol. The standard InChI is InChI=1S/C20H31N3O2/c24-16-19-6-2-5-14-23(19)15-11-21-20(25)17-7-9-18(10-8-17)22-12-3-1-4-13-22/h7-10,19,24H,1-6,11-16H2,(H,21,25)/t19-/m0/s1. The molecule has 0 saturated carbocycles. The molecule has 5 heteroatoms. The number of rotatable bonds is 6. The third-order valence-electron chi connectivity index (χ3n) is 5.50. The summed E-state index contributed by atoms with van der Waals surface area (Å²) < 4.78 is 0.